The monoisotopic (exact) mass is 1060 g/mol. The summed E-state index contributed by atoms with van der Waals surface area (Å²) in [7, 11) is 0. The van der Waals surface area contributed by atoms with Crippen LogP contribution in [0.15, 0.2) is 115 Å². The van der Waals surface area contributed by atoms with Crippen molar-refractivity contribution in [1.29, 1.82) is 0 Å². The van der Waals surface area contributed by atoms with E-state index in [9.17, 15) is 0 Å². The molecule has 6 aromatic rings. The Morgan fingerprint density at radius 3 is 1.03 bits per heavy atom. The molecule has 6 fully saturated rings. The Morgan fingerprint density at radius 1 is 0.333 bits per heavy atom. The molecule has 12 rings (SSSR count). The van der Waals surface area contributed by atoms with E-state index in [-0.39, 0.29) is 47.5 Å². The minimum atomic E-state index is -0.447. The van der Waals surface area contributed by atoms with Crippen LogP contribution in [0.25, 0.3) is 0 Å². The van der Waals surface area contributed by atoms with Crippen LogP contribution in [0.5, 0.6) is 34.5 Å². The van der Waals surface area contributed by atoms with Crippen molar-refractivity contribution >= 4 is 0 Å². The van der Waals surface area contributed by atoms with Gasteiger partial charge < -0.3 is 56.8 Å². The van der Waals surface area contributed by atoms with Crippen LogP contribution >= 0.6 is 0 Å². The van der Waals surface area contributed by atoms with Crippen LogP contribution in [0.3, 0.4) is 0 Å². The SMILES string of the molecule is Cc1cc(C(C)(C)c2ccc(OCC3CO3)cc2)cc(Cc2cc(C(C)(C)c3ccc(OCC4CO4)cc3)cc(Cc3cc(C(C)(C)c4ccc(OCC5CO5)cc4)ccc3OCC3CO3)c2OCC2CO2)c1OCC1CO1. The Labute approximate surface area is 459 Å². The number of rotatable bonds is 28. The van der Waals surface area contributed by atoms with Gasteiger partial charge in [-0.05, 0) is 111 Å². The van der Waals surface area contributed by atoms with Crippen LogP contribution in [0, 0.1) is 6.92 Å². The van der Waals surface area contributed by atoms with Crippen LogP contribution in [-0.4, -0.2) is 116 Å². The average Bonchev–Trinajstić information content (AvgIpc) is 4.26. The molecule has 78 heavy (non-hydrogen) atoms. The highest BCUT2D eigenvalue weighted by Gasteiger charge is 2.34. The van der Waals surface area contributed by atoms with Crippen molar-refractivity contribution in [2.45, 2.75) is 114 Å². The van der Waals surface area contributed by atoms with Gasteiger partial charge in [0, 0.05) is 29.1 Å². The van der Waals surface area contributed by atoms with Gasteiger partial charge in [-0.2, -0.15) is 0 Å². The van der Waals surface area contributed by atoms with Crippen LogP contribution in [0.1, 0.15) is 103 Å². The fourth-order valence-electron chi connectivity index (χ4n) is 10.3. The molecule has 12 nitrogen and oxygen atoms in total. The molecule has 0 spiro atoms. The molecule has 12 heteroatoms. The third kappa shape index (κ3) is 12.8. The van der Waals surface area contributed by atoms with Gasteiger partial charge in [0.15, 0.2) is 0 Å². The largest absolute Gasteiger partial charge is 0.491 e. The van der Waals surface area contributed by atoms with Crippen molar-refractivity contribution in [1.82, 2.24) is 0 Å². The summed E-state index contributed by atoms with van der Waals surface area (Å²) in [5.41, 5.74) is 11.2. The van der Waals surface area contributed by atoms with E-state index in [0.717, 1.165) is 93.3 Å². The Balaban J connectivity index is 0.953. The number of epoxide rings is 6. The first-order valence-electron chi connectivity index (χ1n) is 27.9. The zero-order valence-corrected chi connectivity index (χ0v) is 46.2. The molecule has 0 N–H and O–H groups in total. The normalized spacial score (nSPS) is 21.8. The summed E-state index contributed by atoms with van der Waals surface area (Å²) in [5, 5.41) is 0. The highest BCUT2D eigenvalue weighted by Crippen LogP contribution is 2.44. The lowest BCUT2D eigenvalue weighted by atomic mass is 9.75. The molecule has 0 aromatic heterocycles. The summed E-state index contributed by atoms with van der Waals surface area (Å²) < 4.78 is 72.2. The van der Waals surface area contributed by atoms with E-state index in [2.05, 4.69) is 164 Å². The van der Waals surface area contributed by atoms with Crippen molar-refractivity contribution in [3.8, 4) is 34.5 Å². The van der Waals surface area contributed by atoms with E-state index in [1.165, 1.54) is 22.3 Å². The maximum Gasteiger partial charge on any atom is 0.126 e. The molecule has 6 heterocycles. The summed E-state index contributed by atoms with van der Waals surface area (Å²) in [5.74, 6) is 5.04. The van der Waals surface area contributed by atoms with Crippen LogP contribution in [-0.2, 0) is 57.5 Å². The van der Waals surface area contributed by atoms with Gasteiger partial charge in [0.25, 0.3) is 0 Å². The fourth-order valence-corrected chi connectivity index (χ4v) is 10.3. The number of hydrogen-bond acceptors (Lipinski definition) is 12. The summed E-state index contributed by atoms with van der Waals surface area (Å²) in [6.45, 7) is 23.3. The minimum absolute atomic E-state index is 0.0251. The first-order chi connectivity index (χ1) is 37.7. The van der Waals surface area contributed by atoms with E-state index >= 15 is 0 Å². The lowest BCUT2D eigenvalue weighted by molar-refractivity contribution is 0.256. The van der Waals surface area contributed by atoms with Crippen molar-refractivity contribution in [2.75, 3.05) is 79.3 Å². The number of benzene rings is 6. The number of ether oxygens (including phenoxy) is 12. The number of aryl methyl sites for hydroxylation is 1. The molecule has 0 aliphatic carbocycles. The Kier molecular flexibility index (Phi) is 14.7. The van der Waals surface area contributed by atoms with Crippen molar-refractivity contribution in [3.05, 3.63) is 176 Å². The maximum atomic E-state index is 7.12. The van der Waals surface area contributed by atoms with Gasteiger partial charge >= 0.3 is 0 Å². The summed E-state index contributed by atoms with van der Waals surface area (Å²) >= 11 is 0. The molecule has 410 valence electrons. The van der Waals surface area contributed by atoms with Gasteiger partial charge in [0.05, 0.1) is 39.6 Å². The lowest BCUT2D eigenvalue weighted by Crippen LogP contribution is -2.21. The minimum Gasteiger partial charge on any atom is -0.491 e. The van der Waals surface area contributed by atoms with Crippen molar-refractivity contribution < 1.29 is 56.8 Å². The summed E-state index contributed by atoms with van der Waals surface area (Å²) in [4.78, 5) is 0. The fraction of sp³-hybridized carbons (Fsp3) is 0.455. The maximum absolute atomic E-state index is 7.12. The van der Waals surface area contributed by atoms with Crippen LogP contribution in [0.2, 0.25) is 0 Å². The quantitative estimate of drug-likeness (QED) is 0.0434. The second-order valence-electron chi connectivity index (χ2n) is 23.6. The molecule has 6 saturated heterocycles. The van der Waals surface area contributed by atoms with E-state index < -0.39 is 5.41 Å². The average molecular weight is 1060 g/mol. The highest BCUT2D eigenvalue weighted by atomic mass is 16.6. The van der Waals surface area contributed by atoms with Crippen molar-refractivity contribution in [2.24, 2.45) is 0 Å². The highest BCUT2D eigenvalue weighted by molar-refractivity contribution is 5.58. The molecular weight excluding hydrogens is 985 g/mol. The predicted octanol–water partition coefficient (Wildman–Crippen LogP) is 10.8. The molecule has 0 bridgehead atoms. The van der Waals surface area contributed by atoms with Gasteiger partial charge in [0.2, 0.25) is 0 Å². The summed E-state index contributed by atoms with van der Waals surface area (Å²) in [6, 6.07) is 41.5. The molecular formula is C66H74O12. The Morgan fingerprint density at radius 2 is 0.628 bits per heavy atom. The molecule has 6 unspecified atom stereocenters. The molecule has 6 atom stereocenters. The molecule has 0 saturated carbocycles. The van der Waals surface area contributed by atoms with E-state index in [0.29, 0.717) is 72.3 Å². The predicted molar refractivity (Wildman–Crippen MR) is 297 cm³/mol. The molecule has 6 aromatic carbocycles. The molecule has 0 radical (unpaired) electrons. The molecule has 6 aliphatic heterocycles. The van der Waals surface area contributed by atoms with Gasteiger partial charge in [-0.3, -0.25) is 0 Å². The van der Waals surface area contributed by atoms with E-state index in [4.69, 9.17) is 56.8 Å². The smallest absolute Gasteiger partial charge is 0.126 e. The third-order valence-corrected chi connectivity index (χ3v) is 16.3. The molecule has 0 amide bonds. The topological polar surface area (TPSA) is 131 Å². The Hall–Kier alpha value is -6.12. The third-order valence-electron chi connectivity index (χ3n) is 16.3. The van der Waals surface area contributed by atoms with Gasteiger partial charge in [-0.25, -0.2) is 0 Å². The van der Waals surface area contributed by atoms with Crippen LogP contribution < -0.4 is 28.4 Å². The standard InChI is InChI=1S/C66H74O12/c1-41-22-50(65(4,5)47-10-17-53(18-11-47)68-30-56-33-71-56)26-43(62(41)77-39-59-36-74-59)24-45-28-51(66(6,7)48-12-19-54(20-13-48)69-31-57-34-72-57)27-44(63(45)78-40-60-37-75-60)23-42-25-49(14-21-61(42)76-38-58-35-73-58)64(2,3)46-8-15-52(16-9-46)67-29-55-32-70-55/h8-22,25-28,55-60H,23-24,29-40H2,1-7H3. The van der Waals surface area contributed by atoms with E-state index in [1.807, 2.05) is 0 Å². The van der Waals surface area contributed by atoms with Gasteiger partial charge in [-0.1, -0.05) is 114 Å². The van der Waals surface area contributed by atoms with E-state index in [1.54, 1.807) is 0 Å². The van der Waals surface area contributed by atoms with Gasteiger partial charge in [0.1, 0.15) is 111 Å². The zero-order chi connectivity index (χ0) is 53.6. The molecule has 6 aliphatic rings. The Bertz CT molecular complexity index is 3050. The second-order valence-corrected chi connectivity index (χ2v) is 23.6. The lowest BCUT2D eigenvalue weighted by Gasteiger charge is -2.30. The number of hydrogen-bond donors (Lipinski definition) is 0. The zero-order valence-electron chi connectivity index (χ0n) is 46.2. The van der Waals surface area contributed by atoms with Gasteiger partial charge in [-0.15, -0.1) is 0 Å². The van der Waals surface area contributed by atoms with Crippen molar-refractivity contribution in [3.63, 3.8) is 0 Å². The van der Waals surface area contributed by atoms with Crippen LogP contribution in [0.4, 0.5) is 0 Å². The first kappa shape index (κ1) is 52.6. The second kappa shape index (κ2) is 21.8. The first-order valence-corrected chi connectivity index (χ1v) is 27.9. The summed E-state index contributed by atoms with van der Waals surface area (Å²) in [6.07, 6.45) is 1.82.